The Morgan fingerprint density at radius 3 is 2.89 bits per heavy atom. The molecule has 4 nitrogen and oxygen atoms in total. The lowest BCUT2D eigenvalue weighted by Crippen LogP contribution is -2.35. The molecule has 1 aromatic heterocycles. The first-order valence-electron chi connectivity index (χ1n) is 6.60. The quantitative estimate of drug-likeness (QED) is 0.770. The van der Waals surface area contributed by atoms with Crippen LogP contribution in [0, 0.1) is 5.92 Å². The van der Waals surface area contributed by atoms with Gasteiger partial charge in [0, 0.05) is 18.7 Å². The number of carbonyl (C=O) groups is 1. The van der Waals surface area contributed by atoms with E-state index in [1.165, 1.54) is 5.56 Å². The van der Waals surface area contributed by atoms with Gasteiger partial charge in [0.1, 0.15) is 0 Å². The summed E-state index contributed by atoms with van der Waals surface area (Å²) in [7, 11) is 0. The van der Waals surface area contributed by atoms with Crippen molar-refractivity contribution in [2.24, 2.45) is 5.92 Å². The van der Waals surface area contributed by atoms with Gasteiger partial charge < -0.3 is 10.6 Å². The smallest absolute Gasteiger partial charge is 0.224 e. The molecule has 1 heterocycles. The minimum absolute atomic E-state index is 0.0151. The van der Waals surface area contributed by atoms with Crippen molar-refractivity contribution >= 4 is 5.91 Å². The molecule has 1 aromatic rings. The number of hydrogen-bond donors (Lipinski definition) is 2. The summed E-state index contributed by atoms with van der Waals surface area (Å²) in [6, 6.07) is 3.98. The molecule has 100 valence electrons. The van der Waals surface area contributed by atoms with Crippen LogP contribution in [-0.4, -0.2) is 24.0 Å². The summed E-state index contributed by atoms with van der Waals surface area (Å²) in [5.74, 6) is 0.0578. The first-order valence-corrected chi connectivity index (χ1v) is 6.60. The van der Waals surface area contributed by atoms with Crippen LogP contribution in [0.25, 0.3) is 0 Å². The Balaban J connectivity index is 2.46. The van der Waals surface area contributed by atoms with E-state index >= 15 is 0 Å². The minimum Gasteiger partial charge on any atom is -0.350 e. The van der Waals surface area contributed by atoms with Gasteiger partial charge in [-0.2, -0.15) is 0 Å². The molecule has 1 rings (SSSR count). The molecule has 1 amide bonds. The van der Waals surface area contributed by atoms with Gasteiger partial charge >= 0.3 is 0 Å². The highest BCUT2D eigenvalue weighted by atomic mass is 16.1. The van der Waals surface area contributed by atoms with E-state index in [4.69, 9.17) is 0 Å². The van der Waals surface area contributed by atoms with Crippen molar-refractivity contribution in [1.82, 2.24) is 15.6 Å². The van der Waals surface area contributed by atoms with Gasteiger partial charge in [0.15, 0.2) is 0 Å². The van der Waals surface area contributed by atoms with Crippen LogP contribution in [0.5, 0.6) is 0 Å². The molecule has 0 spiro atoms. The summed E-state index contributed by atoms with van der Waals surface area (Å²) in [5.41, 5.74) is 2.15. The standard InChI is InChI=1S/C14H23N3O/c1-4-12-7-6-8-16-13(12)10-17-14(18)11(3)9-15-5-2/h6-8,11,15H,4-5,9-10H2,1-3H3,(H,17,18). The minimum atomic E-state index is -0.0151. The highest BCUT2D eigenvalue weighted by Crippen LogP contribution is 2.06. The van der Waals surface area contributed by atoms with E-state index in [0.717, 1.165) is 18.7 Å². The lowest BCUT2D eigenvalue weighted by Gasteiger charge is -2.13. The lowest BCUT2D eigenvalue weighted by molar-refractivity contribution is -0.124. The van der Waals surface area contributed by atoms with Crippen LogP contribution >= 0.6 is 0 Å². The predicted molar refractivity (Wildman–Crippen MR) is 73.2 cm³/mol. The fraction of sp³-hybridized carbons (Fsp3) is 0.571. The average Bonchev–Trinajstić information content (AvgIpc) is 2.42. The second-order valence-corrected chi connectivity index (χ2v) is 4.39. The molecule has 0 aromatic carbocycles. The number of aromatic nitrogens is 1. The molecule has 0 saturated heterocycles. The number of carbonyl (C=O) groups excluding carboxylic acids is 1. The first-order chi connectivity index (χ1) is 8.69. The molecule has 2 N–H and O–H groups in total. The Kier molecular flexibility index (Phi) is 6.36. The van der Waals surface area contributed by atoms with Crippen molar-refractivity contribution in [1.29, 1.82) is 0 Å². The van der Waals surface area contributed by atoms with Gasteiger partial charge in [0.25, 0.3) is 0 Å². The molecule has 0 aliphatic heterocycles. The molecule has 0 fully saturated rings. The Bertz CT molecular complexity index is 379. The maximum Gasteiger partial charge on any atom is 0.224 e. The van der Waals surface area contributed by atoms with Crippen LogP contribution in [0.3, 0.4) is 0 Å². The summed E-state index contributed by atoms with van der Waals surface area (Å²) < 4.78 is 0. The van der Waals surface area contributed by atoms with Crippen LogP contribution in [-0.2, 0) is 17.8 Å². The second-order valence-electron chi connectivity index (χ2n) is 4.39. The predicted octanol–water partition coefficient (Wildman–Crippen LogP) is 1.51. The third-order valence-corrected chi connectivity index (χ3v) is 2.94. The van der Waals surface area contributed by atoms with Crippen molar-refractivity contribution in [2.75, 3.05) is 13.1 Å². The van der Waals surface area contributed by atoms with Gasteiger partial charge in [0.05, 0.1) is 12.2 Å². The first kappa shape index (κ1) is 14.6. The Morgan fingerprint density at radius 1 is 1.44 bits per heavy atom. The Labute approximate surface area is 109 Å². The molecule has 1 atom stereocenters. The van der Waals surface area contributed by atoms with Crippen molar-refractivity contribution in [3.05, 3.63) is 29.6 Å². The number of nitrogens with one attached hydrogen (secondary N) is 2. The molecule has 0 aliphatic rings. The average molecular weight is 249 g/mol. The Hall–Kier alpha value is -1.42. The summed E-state index contributed by atoms with van der Waals surface area (Å²) in [5, 5.41) is 6.11. The fourth-order valence-electron chi connectivity index (χ4n) is 1.75. The normalized spacial score (nSPS) is 12.2. The SMILES string of the molecule is CCNCC(C)C(=O)NCc1ncccc1CC. The summed E-state index contributed by atoms with van der Waals surface area (Å²) >= 11 is 0. The van der Waals surface area contributed by atoms with Crippen LogP contribution < -0.4 is 10.6 Å². The molecule has 0 radical (unpaired) electrons. The molecular weight excluding hydrogens is 226 g/mol. The van der Waals surface area contributed by atoms with Crippen molar-refractivity contribution < 1.29 is 4.79 Å². The number of nitrogens with zero attached hydrogens (tertiary/aromatic N) is 1. The van der Waals surface area contributed by atoms with E-state index < -0.39 is 0 Å². The van der Waals surface area contributed by atoms with Crippen molar-refractivity contribution in [3.8, 4) is 0 Å². The zero-order valence-corrected chi connectivity index (χ0v) is 11.5. The number of rotatable bonds is 7. The number of hydrogen-bond acceptors (Lipinski definition) is 3. The highest BCUT2D eigenvalue weighted by molar-refractivity contribution is 5.78. The van der Waals surface area contributed by atoms with Gasteiger partial charge in [-0.25, -0.2) is 0 Å². The van der Waals surface area contributed by atoms with E-state index in [-0.39, 0.29) is 11.8 Å². The summed E-state index contributed by atoms with van der Waals surface area (Å²) in [4.78, 5) is 16.2. The summed E-state index contributed by atoms with van der Waals surface area (Å²) in [6.45, 7) is 8.17. The van der Waals surface area contributed by atoms with Gasteiger partial charge in [-0.15, -0.1) is 0 Å². The number of aryl methyl sites for hydroxylation is 1. The van der Waals surface area contributed by atoms with E-state index in [2.05, 4.69) is 28.6 Å². The topological polar surface area (TPSA) is 54.0 Å². The van der Waals surface area contributed by atoms with E-state index in [9.17, 15) is 4.79 Å². The van der Waals surface area contributed by atoms with Gasteiger partial charge in [-0.05, 0) is 24.6 Å². The molecule has 1 unspecified atom stereocenters. The molecule has 0 bridgehead atoms. The van der Waals surface area contributed by atoms with Crippen LogP contribution in [0.2, 0.25) is 0 Å². The zero-order chi connectivity index (χ0) is 13.4. The zero-order valence-electron chi connectivity index (χ0n) is 11.5. The highest BCUT2D eigenvalue weighted by Gasteiger charge is 2.12. The monoisotopic (exact) mass is 249 g/mol. The molecule has 18 heavy (non-hydrogen) atoms. The van der Waals surface area contributed by atoms with Gasteiger partial charge in [-0.3, -0.25) is 9.78 Å². The van der Waals surface area contributed by atoms with Crippen molar-refractivity contribution in [2.45, 2.75) is 33.7 Å². The Morgan fingerprint density at radius 2 is 2.22 bits per heavy atom. The van der Waals surface area contributed by atoms with Gasteiger partial charge in [0.2, 0.25) is 5.91 Å². The second kappa shape index (κ2) is 7.82. The third-order valence-electron chi connectivity index (χ3n) is 2.94. The van der Waals surface area contributed by atoms with E-state index in [1.807, 2.05) is 19.9 Å². The maximum atomic E-state index is 11.8. The van der Waals surface area contributed by atoms with Crippen LogP contribution in [0.1, 0.15) is 32.0 Å². The largest absolute Gasteiger partial charge is 0.350 e. The lowest BCUT2D eigenvalue weighted by atomic mass is 10.1. The van der Waals surface area contributed by atoms with E-state index in [1.54, 1.807) is 6.20 Å². The molecule has 0 aliphatic carbocycles. The van der Waals surface area contributed by atoms with Gasteiger partial charge in [-0.1, -0.05) is 26.8 Å². The van der Waals surface area contributed by atoms with Crippen molar-refractivity contribution in [3.63, 3.8) is 0 Å². The molecule has 0 saturated carbocycles. The molecule has 4 heteroatoms. The summed E-state index contributed by atoms with van der Waals surface area (Å²) in [6.07, 6.45) is 2.70. The maximum absolute atomic E-state index is 11.8. The fourth-order valence-corrected chi connectivity index (χ4v) is 1.75. The van der Waals surface area contributed by atoms with Crippen LogP contribution in [0.15, 0.2) is 18.3 Å². The number of pyridine rings is 1. The molecular formula is C14H23N3O. The van der Waals surface area contributed by atoms with Crippen LogP contribution in [0.4, 0.5) is 0 Å². The number of amides is 1. The van der Waals surface area contributed by atoms with E-state index in [0.29, 0.717) is 13.1 Å². The third kappa shape index (κ3) is 4.45.